The molecule has 2 aromatic carbocycles. The van der Waals surface area contributed by atoms with Crippen molar-refractivity contribution in [2.24, 2.45) is 0 Å². The molecule has 2 aliphatic heterocycles. The van der Waals surface area contributed by atoms with E-state index in [0.29, 0.717) is 34.1 Å². The van der Waals surface area contributed by atoms with Gasteiger partial charge in [-0.05, 0) is 23.1 Å². The number of carbonyl (C=O) groups excluding carboxylic acids is 2. The van der Waals surface area contributed by atoms with E-state index in [1.54, 1.807) is 12.1 Å². The number of allylic oxidation sites excluding steroid dienone is 1. The standard InChI is InChI=1S/C29H33NO5S/c1-28(2,3)19-8-10-21(11-9-19)34-17-20(31)16-30-14-12-29(13-15-30)18-36-27-25(33)24(32)22-6-4-5-7-23(22)26(27)35-29/h4-11,20,31H,12-18H2,1-3H3/t20-/m0/s1. The number of hydrogen-bond acceptors (Lipinski definition) is 7. The van der Waals surface area contributed by atoms with Crippen LogP contribution in [0.4, 0.5) is 0 Å². The number of nitrogens with zero attached hydrogens (tertiary/aromatic N) is 1. The molecule has 0 unspecified atom stereocenters. The number of likely N-dealkylation sites (tertiary alicyclic amines) is 1. The maximum absolute atomic E-state index is 12.6. The van der Waals surface area contributed by atoms with Crippen LogP contribution in [0.25, 0.3) is 5.76 Å². The van der Waals surface area contributed by atoms with Crippen LogP contribution in [0, 0.1) is 0 Å². The topological polar surface area (TPSA) is 76.1 Å². The van der Waals surface area contributed by atoms with Crippen molar-refractivity contribution in [3.05, 3.63) is 70.1 Å². The predicted molar refractivity (Wildman–Crippen MR) is 141 cm³/mol. The summed E-state index contributed by atoms with van der Waals surface area (Å²) < 4.78 is 12.4. The first kappa shape index (κ1) is 25.1. The van der Waals surface area contributed by atoms with Gasteiger partial charge in [0.25, 0.3) is 0 Å². The van der Waals surface area contributed by atoms with Crippen LogP contribution < -0.4 is 4.74 Å². The minimum atomic E-state index is -0.592. The quantitative estimate of drug-likeness (QED) is 0.599. The zero-order chi connectivity index (χ0) is 25.5. The maximum atomic E-state index is 12.6. The van der Waals surface area contributed by atoms with E-state index in [4.69, 9.17) is 9.47 Å². The third kappa shape index (κ3) is 4.97. The molecule has 1 aliphatic carbocycles. The molecule has 6 nitrogen and oxygen atoms in total. The molecule has 190 valence electrons. The smallest absolute Gasteiger partial charge is 0.243 e. The fourth-order valence-electron chi connectivity index (χ4n) is 5.00. The van der Waals surface area contributed by atoms with Gasteiger partial charge in [-0.15, -0.1) is 11.8 Å². The molecule has 1 spiro atoms. The first-order valence-electron chi connectivity index (χ1n) is 12.5. The minimum Gasteiger partial charge on any atom is -0.491 e. The van der Waals surface area contributed by atoms with Crippen LogP contribution in [0.5, 0.6) is 5.75 Å². The fraction of sp³-hybridized carbons (Fsp3) is 0.448. The summed E-state index contributed by atoms with van der Waals surface area (Å²) in [5.41, 5.74) is 2.11. The first-order valence-corrected chi connectivity index (χ1v) is 13.5. The molecule has 1 atom stereocenters. The number of ketones is 2. The summed E-state index contributed by atoms with van der Waals surface area (Å²) in [7, 11) is 0. The Balaban J connectivity index is 1.15. The van der Waals surface area contributed by atoms with Crippen molar-refractivity contribution in [3.63, 3.8) is 0 Å². The first-order chi connectivity index (χ1) is 17.2. The molecule has 1 saturated heterocycles. The summed E-state index contributed by atoms with van der Waals surface area (Å²) in [5, 5.41) is 10.6. The van der Waals surface area contributed by atoms with Gasteiger partial charge in [0.05, 0.1) is 0 Å². The second kappa shape index (κ2) is 9.69. The number of Topliss-reactive ketones (excluding diaryl/α,β-unsaturated/α-hetero) is 2. The van der Waals surface area contributed by atoms with Gasteiger partial charge in [-0.2, -0.15) is 0 Å². The van der Waals surface area contributed by atoms with Gasteiger partial charge in [-0.25, -0.2) is 0 Å². The summed E-state index contributed by atoms with van der Waals surface area (Å²) in [6, 6.07) is 15.3. The monoisotopic (exact) mass is 507 g/mol. The highest BCUT2D eigenvalue weighted by Gasteiger charge is 2.46. The van der Waals surface area contributed by atoms with E-state index in [2.05, 4.69) is 37.8 Å². The van der Waals surface area contributed by atoms with Gasteiger partial charge >= 0.3 is 0 Å². The van der Waals surface area contributed by atoms with E-state index in [1.165, 1.54) is 17.3 Å². The van der Waals surface area contributed by atoms with Crippen molar-refractivity contribution in [1.82, 2.24) is 4.90 Å². The van der Waals surface area contributed by atoms with Crippen LogP contribution in [-0.2, 0) is 14.9 Å². The van der Waals surface area contributed by atoms with Gasteiger partial charge < -0.3 is 19.5 Å². The molecule has 3 aliphatic rings. The number of benzene rings is 2. The van der Waals surface area contributed by atoms with Gasteiger partial charge in [-0.3, -0.25) is 9.59 Å². The average Bonchev–Trinajstić information content (AvgIpc) is 2.87. The normalized spacial score (nSPS) is 20.6. The predicted octanol–water partition coefficient (Wildman–Crippen LogP) is 4.46. The van der Waals surface area contributed by atoms with Crippen LogP contribution in [0.1, 0.15) is 55.1 Å². The highest BCUT2D eigenvalue weighted by Crippen LogP contribution is 2.47. The molecule has 5 rings (SSSR count). The Kier molecular flexibility index (Phi) is 6.74. The van der Waals surface area contributed by atoms with Crippen LogP contribution in [0.2, 0.25) is 0 Å². The number of carbonyl (C=O) groups is 2. The van der Waals surface area contributed by atoms with Gasteiger partial charge in [0.15, 0.2) is 0 Å². The molecule has 1 fully saturated rings. The Morgan fingerprint density at radius 2 is 1.69 bits per heavy atom. The van der Waals surface area contributed by atoms with Crippen molar-refractivity contribution in [1.29, 1.82) is 0 Å². The molecule has 1 N–H and O–H groups in total. The number of fused-ring (bicyclic) bond motifs is 2. The maximum Gasteiger partial charge on any atom is 0.243 e. The van der Waals surface area contributed by atoms with Crippen LogP contribution in [0.15, 0.2) is 53.4 Å². The molecule has 36 heavy (non-hydrogen) atoms. The molecular formula is C29H33NO5S. The Morgan fingerprint density at radius 1 is 1.03 bits per heavy atom. The van der Waals surface area contributed by atoms with E-state index >= 15 is 0 Å². The van der Waals surface area contributed by atoms with Crippen molar-refractivity contribution in [2.45, 2.75) is 50.7 Å². The number of piperidine rings is 1. The SMILES string of the molecule is CC(C)(C)c1ccc(OC[C@@H](O)CN2CCC3(CC2)CSC2=C(O3)c3ccccc3C(=O)C2=O)cc1. The lowest BCUT2D eigenvalue weighted by atomic mass is 9.87. The number of rotatable bonds is 5. The van der Waals surface area contributed by atoms with Crippen LogP contribution in [-0.4, -0.2) is 65.3 Å². The van der Waals surface area contributed by atoms with Crippen molar-refractivity contribution >= 4 is 29.1 Å². The highest BCUT2D eigenvalue weighted by atomic mass is 32.2. The number of β-amino-alcohol motifs (C(OH)–C–C–N with tert-alkyl or cyclic N) is 1. The third-order valence-corrected chi connectivity index (χ3v) is 8.56. The van der Waals surface area contributed by atoms with Crippen LogP contribution >= 0.6 is 11.8 Å². The Morgan fingerprint density at radius 3 is 2.36 bits per heavy atom. The summed E-state index contributed by atoms with van der Waals surface area (Å²) >= 11 is 1.45. The number of aliphatic hydroxyl groups excluding tert-OH is 1. The summed E-state index contributed by atoms with van der Waals surface area (Å²) in [6.07, 6.45) is 0.998. The number of aliphatic hydroxyl groups is 1. The summed E-state index contributed by atoms with van der Waals surface area (Å²) in [5.74, 6) is 1.06. The Bertz CT molecular complexity index is 1190. The van der Waals surface area contributed by atoms with Gasteiger partial charge in [0.2, 0.25) is 11.6 Å². The summed E-state index contributed by atoms with van der Waals surface area (Å²) in [6.45, 7) is 8.88. The Labute approximate surface area is 216 Å². The fourth-order valence-corrected chi connectivity index (χ4v) is 6.26. The van der Waals surface area contributed by atoms with Crippen molar-refractivity contribution in [3.8, 4) is 5.75 Å². The molecule has 0 radical (unpaired) electrons. The van der Waals surface area contributed by atoms with Gasteiger partial charge in [0, 0.05) is 49.4 Å². The van der Waals surface area contributed by atoms with E-state index in [-0.39, 0.29) is 17.6 Å². The van der Waals surface area contributed by atoms with Gasteiger partial charge in [0.1, 0.15) is 34.7 Å². The molecule has 0 saturated carbocycles. The summed E-state index contributed by atoms with van der Waals surface area (Å²) in [4.78, 5) is 27.8. The minimum absolute atomic E-state index is 0.0929. The van der Waals surface area contributed by atoms with E-state index in [1.807, 2.05) is 24.3 Å². The molecule has 0 aromatic heterocycles. The van der Waals surface area contributed by atoms with Gasteiger partial charge in [-0.1, -0.05) is 57.2 Å². The van der Waals surface area contributed by atoms with E-state index < -0.39 is 17.7 Å². The molecule has 7 heteroatoms. The van der Waals surface area contributed by atoms with E-state index in [9.17, 15) is 14.7 Å². The highest BCUT2D eigenvalue weighted by molar-refractivity contribution is 8.04. The second-order valence-electron chi connectivity index (χ2n) is 11.0. The Hall–Kier alpha value is -2.61. The number of ether oxygens (including phenoxy) is 2. The van der Waals surface area contributed by atoms with E-state index in [0.717, 1.165) is 31.7 Å². The third-order valence-electron chi connectivity index (χ3n) is 7.23. The number of thioether (sulfide) groups is 1. The zero-order valence-corrected chi connectivity index (χ0v) is 21.9. The molecule has 0 amide bonds. The molecule has 2 aromatic rings. The van der Waals surface area contributed by atoms with Crippen molar-refractivity contribution < 1.29 is 24.2 Å². The average molecular weight is 508 g/mol. The lowest BCUT2D eigenvalue weighted by Gasteiger charge is -2.45. The molecular weight excluding hydrogens is 474 g/mol. The number of hydrogen-bond donors (Lipinski definition) is 1. The molecule has 2 heterocycles. The lowest BCUT2D eigenvalue weighted by molar-refractivity contribution is -0.111. The zero-order valence-electron chi connectivity index (χ0n) is 21.1. The van der Waals surface area contributed by atoms with Crippen molar-refractivity contribution in [2.75, 3.05) is 32.0 Å². The lowest BCUT2D eigenvalue weighted by Crippen LogP contribution is -2.51. The largest absolute Gasteiger partial charge is 0.491 e. The van der Waals surface area contributed by atoms with Crippen LogP contribution in [0.3, 0.4) is 0 Å². The molecule has 0 bridgehead atoms. The second-order valence-corrected chi connectivity index (χ2v) is 12.0.